The lowest BCUT2D eigenvalue weighted by atomic mass is 10.1. The van der Waals surface area contributed by atoms with E-state index in [1.54, 1.807) is 36.9 Å². The van der Waals surface area contributed by atoms with Crippen LogP contribution in [0.2, 0.25) is 0 Å². The zero-order valence-corrected chi connectivity index (χ0v) is 20.5. The molecule has 0 aliphatic rings. The molecule has 0 unspecified atom stereocenters. The molecule has 0 bridgehead atoms. The second-order valence-corrected chi connectivity index (χ2v) is 8.99. The standard InChI is InChI=1S/C30H20N8O/c39-30(18-6-2-1-3-7-18)34-20-12-19(14-31-15-20)23-9-10-25-28(36-23)29(38-37-25)26-13-21-22(16-32-17-27(21)35-26)24-8-4-5-11-33-24/h1-17,35H,(H,34,39)(H,37,38). The molecule has 0 saturated carbocycles. The molecule has 0 fully saturated rings. The lowest BCUT2D eigenvalue weighted by molar-refractivity contribution is 0.102. The first-order valence-electron chi connectivity index (χ1n) is 12.3. The first kappa shape index (κ1) is 22.5. The Kier molecular flexibility index (Phi) is 5.37. The molecule has 186 valence electrons. The van der Waals surface area contributed by atoms with Crippen LogP contribution in [0.15, 0.2) is 104 Å². The summed E-state index contributed by atoms with van der Waals surface area (Å²) in [6, 6.07) is 22.6. The molecule has 7 rings (SSSR count). The molecule has 3 N–H and O–H groups in total. The highest BCUT2D eigenvalue weighted by Gasteiger charge is 2.16. The van der Waals surface area contributed by atoms with Gasteiger partial charge in [-0.3, -0.25) is 24.8 Å². The molecule has 0 atom stereocenters. The van der Waals surface area contributed by atoms with Gasteiger partial charge in [0.05, 0.1) is 46.2 Å². The quantitative estimate of drug-likeness (QED) is 0.267. The number of carbonyl (C=O) groups excluding carboxylic acids is 1. The number of anilines is 1. The maximum atomic E-state index is 12.6. The minimum absolute atomic E-state index is 0.201. The van der Waals surface area contributed by atoms with Crippen molar-refractivity contribution in [3.05, 3.63) is 109 Å². The molecule has 7 aromatic rings. The van der Waals surface area contributed by atoms with E-state index in [1.165, 1.54) is 0 Å². The van der Waals surface area contributed by atoms with Crippen molar-refractivity contribution < 1.29 is 4.79 Å². The van der Waals surface area contributed by atoms with Crippen molar-refractivity contribution >= 4 is 33.5 Å². The van der Waals surface area contributed by atoms with Crippen molar-refractivity contribution in [2.45, 2.75) is 0 Å². The summed E-state index contributed by atoms with van der Waals surface area (Å²) in [5.74, 6) is -0.201. The Morgan fingerprint density at radius 2 is 1.67 bits per heavy atom. The molecule has 0 spiro atoms. The molecular formula is C30H20N8O. The number of aromatic nitrogens is 7. The van der Waals surface area contributed by atoms with Crippen LogP contribution in [-0.2, 0) is 0 Å². The van der Waals surface area contributed by atoms with Gasteiger partial charge in [0.25, 0.3) is 5.91 Å². The fourth-order valence-electron chi connectivity index (χ4n) is 4.59. The molecule has 9 heteroatoms. The lowest BCUT2D eigenvalue weighted by Gasteiger charge is -2.07. The summed E-state index contributed by atoms with van der Waals surface area (Å²) >= 11 is 0. The third kappa shape index (κ3) is 4.17. The van der Waals surface area contributed by atoms with Crippen molar-refractivity contribution in [3.8, 4) is 33.9 Å². The molecule has 6 aromatic heterocycles. The van der Waals surface area contributed by atoms with Crippen molar-refractivity contribution in [1.29, 1.82) is 0 Å². The zero-order valence-electron chi connectivity index (χ0n) is 20.5. The third-order valence-corrected chi connectivity index (χ3v) is 6.48. The largest absolute Gasteiger partial charge is 0.352 e. The van der Waals surface area contributed by atoms with Crippen LogP contribution in [0, 0.1) is 0 Å². The highest BCUT2D eigenvalue weighted by molar-refractivity contribution is 6.04. The number of carbonyl (C=O) groups is 1. The van der Waals surface area contributed by atoms with Crippen LogP contribution in [-0.4, -0.2) is 41.0 Å². The Hall–Kier alpha value is -5.70. The van der Waals surface area contributed by atoms with Crippen LogP contribution >= 0.6 is 0 Å². The molecule has 1 aromatic carbocycles. The van der Waals surface area contributed by atoms with Crippen molar-refractivity contribution in [3.63, 3.8) is 0 Å². The second kappa shape index (κ2) is 9.31. The van der Waals surface area contributed by atoms with E-state index in [-0.39, 0.29) is 5.91 Å². The highest BCUT2D eigenvalue weighted by atomic mass is 16.1. The van der Waals surface area contributed by atoms with Gasteiger partial charge in [-0.25, -0.2) is 4.98 Å². The van der Waals surface area contributed by atoms with E-state index in [2.05, 4.69) is 35.5 Å². The SMILES string of the molecule is O=C(Nc1cncc(-c2ccc3[nH]nc(-c4cc5c(-c6ccccn6)cncc5[nH]4)c3n2)c1)c1ccccc1. The fourth-order valence-corrected chi connectivity index (χ4v) is 4.59. The van der Waals surface area contributed by atoms with Gasteiger partial charge in [-0.1, -0.05) is 24.3 Å². The zero-order chi connectivity index (χ0) is 26.2. The molecule has 6 heterocycles. The Bertz CT molecular complexity index is 1960. The Morgan fingerprint density at radius 3 is 2.54 bits per heavy atom. The van der Waals surface area contributed by atoms with E-state index >= 15 is 0 Å². The lowest BCUT2D eigenvalue weighted by Crippen LogP contribution is -2.11. The molecular weight excluding hydrogens is 488 g/mol. The number of hydrogen-bond acceptors (Lipinski definition) is 6. The number of pyridine rings is 4. The number of benzene rings is 1. The van der Waals surface area contributed by atoms with Gasteiger partial charge in [-0.2, -0.15) is 5.10 Å². The molecule has 0 radical (unpaired) electrons. The molecule has 0 aliphatic heterocycles. The maximum absolute atomic E-state index is 12.6. The minimum atomic E-state index is -0.201. The van der Waals surface area contributed by atoms with Crippen molar-refractivity contribution in [2.24, 2.45) is 0 Å². The van der Waals surface area contributed by atoms with Gasteiger partial charge in [0, 0.05) is 40.7 Å². The number of hydrogen-bond donors (Lipinski definition) is 3. The number of aromatic amines is 2. The van der Waals surface area contributed by atoms with Crippen LogP contribution in [0.5, 0.6) is 0 Å². The van der Waals surface area contributed by atoms with Crippen LogP contribution in [0.3, 0.4) is 0 Å². The van der Waals surface area contributed by atoms with Crippen LogP contribution in [0.1, 0.15) is 10.4 Å². The average molecular weight is 509 g/mol. The summed E-state index contributed by atoms with van der Waals surface area (Å²) in [4.78, 5) is 34.2. The maximum Gasteiger partial charge on any atom is 0.255 e. The minimum Gasteiger partial charge on any atom is -0.352 e. The van der Waals surface area contributed by atoms with Gasteiger partial charge < -0.3 is 10.3 Å². The predicted octanol–water partition coefficient (Wildman–Crippen LogP) is 5.88. The number of H-pyrrole nitrogens is 2. The summed E-state index contributed by atoms with van der Waals surface area (Å²) in [6.07, 6.45) is 8.72. The predicted molar refractivity (Wildman–Crippen MR) is 150 cm³/mol. The van der Waals surface area contributed by atoms with Gasteiger partial charge in [0.1, 0.15) is 11.2 Å². The Balaban J connectivity index is 1.25. The van der Waals surface area contributed by atoms with E-state index in [0.29, 0.717) is 28.2 Å². The van der Waals surface area contributed by atoms with Crippen LogP contribution in [0.4, 0.5) is 5.69 Å². The van der Waals surface area contributed by atoms with Gasteiger partial charge in [-0.15, -0.1) is 0 Å². The van der Waals surface area contributed by atoms with E-state index in [9.17, 15) is 4.79 Å². The van der Waals surface area contributed by atoms with Crippen molar-refractivity contribution in [2.75, 3.05) is 5.32 Å². The topological polar surface area (TPSA) is 125 Å². The number of amides is 1. The van der Waals surface area contributed by atoms with E-state index in [4.69, 9.17) is 4.98 Å². The van der Waals surface area contributed by atoms with E-state index in [0.717, 1.165) is 38.9 Å². The number of rotatable bonds is 5. The van der Waals surface area contributed by atoms with Crippen LogP contribution < -0.4 is 5.32 Å². The van der Waals surface area contributed by atoms with Gasteiger partial charge in [0.2, 0.25) is 0 Å². The Morgan fingerprint density at radius 1 is 0.795 bits per heavy atom. The first-order valence-corrected chi connectivity index (χ1v) is 12.3. The summed E-state index contributed by atoms with van der Waals surface area (Å²) in [6.45, 7) is 0. The summed E-state index contributed by atoms with van der Waals surface area (Å²) in [5, 5.41) is 11.5. The third-order valence-electron chi connectivity index (χ3n) is 6.48. The monoisotopic (exact) mass is 508 g/mol. The summed E-state index contributed by atoms with van der Waals surface area (Å²) in [7, 11) is 0. The number of nitrogens with one attached hydrogen (secondary N) is 3. The smallest absolute Gasteiger partial charge is 0.255 e. The molecule has 0 saturated heterocycles. The summed E-state index contributed by atoms with van der Waals surface area (Å²) < 4.78 is 0. The van der Waals surface area contributed by atoms with E-state index < -0.39 is 0 Å². The number of nitrogens with zero attached hydrogens (tertiary/aromatic N) is 5. The van der Waals surface area contributed by atoms with Crippen LogP contribution in [0.25, 0.3) is 55.8 Å². The summed E-state index contributed by atoms with van der Waals surface area (Å²) in [5.41, 5.74) is 8.32. The van der Waals surface area contributed by atoms with Gasteiger partial charge >= 0.3 is 0 Å². The number of fused-ring (bicyclic) bond motifs is 2. The molecule has 1 amide bonds. The second-order valence-electron chi connectivity index (χ2n) is 8.99. The highest BCUT2D eigenvalue weighted by Crippen LogP contribution is 2.33. The molecule has 0 aliphatic carbocycles. The molecule has 9 nitrogen and oxygen atoms in total. The van der Waals surface area contributed by atoms with E-state index in [1.807, 2.05) is 66.9 Å². The molecule has 39 heavy (non-hydrogen) atoms. The normalized spacial score (nSPS) is 11.2. The van der Waals surface area contributed by atoms with Crippen molar-refractivity contribution in [1.82, 2.24) is 35.1 Å². The fraction of sp³-hybridized carbons (Fsp3) is 0. The Labute approximate surface area is 222 Å². The first-order chi connectivity index (χ1) is 19.2. The average Bonchev–Trinajstić information content (AvgIpc) is 3.62. The van der Waals surface area contributed by atoms with Gasteiger partial charge in [-0.05, 0) is 48.5 Å². The van der Waals surface area contributed by atoms with Gasteiger partial charge in [0.15, 0.2) is 0 Å².